The Balaban J connectivity index is 1.07. The third kappa shape index (κ3) is 2.86. The lowest BCUT2D eigenvalue weighted by atomic mass is 9.83. The van der Waals surface area contributed by atoms with Gasteiger partial charge in [0.05, 0.1) is 11.7 Å². The molecule has 1 unspecified atom stereocenters. The lowest BCUT2D eigenvalue weighted by Gasteiger charge is -2.28. The van der Waals surface area contributed by atoms with Crippen LogP contribution in [0.5, 0.6) is 0 Å². The lowest BCUT2D eigenvalue weighted by Crippen LogP contribution is -2.37. The first-order chi connectivity index (χ1) is 18.5. The number of allylic oxidation sites excluding steroid dienone is 1. The van der Waals surface area contributed by atoms with Gasteiger partial charge in [0.15, 0.2) is 5.78 Å². The number of fused-ring (bicyclic) bond motifs is 3. The molecule has 8 heteroatoms. The molecule has 3 aliphatic rings. The summed E-state index contributed by atoms with van der Waals surface area (Å²) in [5.41, 5.74) is 5.09. The molecule has 1 aliphatic carbocycles. The first kappa shape index (κ1) is 21.2. The van der Waals surface area contributed by atoms with Crippen LogP contribution in [0.4, 0.5) is 5.69 Å². The number of aromatic nitrogens is 2. The average Bonchev–Trinajstić information content (AvgIpc) is 3.25. The molecular weight excluding hydrogens is 478 g/mol. The Morgan fingerprint density at radius 1 is 0.868 bits per heavy atom. The number of benzene rings is 3. The highest BCUT2D eigenvalue weighted by molar-refractivity contribution is 6.10. The van der Waals surface area contributed by atoms with Gasteiger partial charge in [-0.05, 0) is 42.0 Å². The standard InChI is InChI=1S/C30H21N5O3/c36-25-14-27-30(20-7-3-2-6-19(20)25)26(34-30)15-35(27)29(38)24-13-17-11-18(9-10-22(17)33-24)31-28(37)23-12-16-5-1-4-8-21(16)32-23/h1-14,26,32-34H,15H2,(H,31,37)/t26-,30?/m1/s1. The molecule has 2 atom stereocenters. The molecule has 2 amide bonds. The Labute approximate surface area is 216 Å². The maximum Gasteiger partial charge on any atom is 0.274 e. The van der Waals surface area contributed by atoms with E-state index in [0.29, 0.717) is 34.9 Å². The number of aromatic amines is 2. The Bertz CT molecular complexity index is 1860. The minimum absolute atomic E-state index is 0.0830. The highest BCUT2D eigenvalue weighted by atomic mass is 16.2. The van der Waals surface area contributed by atoms with Crippen LogP contribution in [-0.2, 0) is 5.54 Å². The zero-order valence-corrected chi connectivity index (χ0v) is 20.0. The smallest absolute Gasteiger partial charge is 0.274 e. The number of hydrogen-bond acceptors (Lipinski definition) is 4. The van der Waals surface area contributed by atoms with Crippen molar-refractivity contribution in [1.29, 1.82) is 0 Å². The number of anilines is 1. The quantitative estimate of drug-likeness (QED) is 0.277. The minimum atomic E-state index is -0.466. The van der Waals surface area contributed by atoms with Gasteiger partial charge in [0.1, 0.15) is 16.9 Å². The molecule has 0 radical (unpaired) electrons. The Hall–Kier alpha value is -4.95. The normalized spacial score (nSPS) is 21.2. The van der Waals surface area contributed by atoms with Crippen molar-refractivity contribution in [2.75, 3.05) is 11.9 Å². The molecule has 8 nitrogen and oxygen atoms in total. The van der Waals surface area contributed by atoms with Crippen molar-refractivity contribution in [3.8, 4) is 0 Å². The van der Waals surface area contributed by atoms with Crippen LogP contribution in [0.15, 0.2) is 90.6 Å². The lowest BCUT2D eigenvalue weighted by molar-refractivity contribution is 0.0806. The second kappa shape index (κ2) is 7.30. The molecule has 4 N–H and O–H groups in total. The van der Waals surface area contributed by atoms with Crippen LogP contribution in [0.1, 0.15) is 36.9 Å². The summed E-state index contributed by atoms with van der Waals surface area (Å²) in [5, 5.41) is 8.21. The molecule has 1 spiro atoms. The van der Waals surface area contributed by atoms with Crippen molar-refractivity contribution in [3.63, 3.8) is 0 Å². The second-order valence-corrected chi connectivity index (χ2v) is 10.1. The van der Waals surface area contributed by atoms with Gasteiger partial charge in [0, 0.05) is 45.7 Å². The molecule has 0 bridgehead atoms. The summed E-state index contributed by atoms with van der Waals surface area (Å²) in [5.74, 6) is -0.507. The molecule has 3 aromatic carbocycles. The molecule has 0 saturated carbocycles. The molecule has 2 saturated heterocycles. The zero-order valence-electron chi connectivity index (χ0n) is 20.0. The SMILES string of the molecule is O=C(Nc1ccc2[nH]c(C(=O)N3C[C@H]4NC45C3=CC(=O)c3ccccc35)cc2c1)c1cc2ccccc2[nH]1. The van der Waals surface area contributed by atoms with E-state index in [1.165, 1.54) is 0 Å². The van der Waals surface area contributed by atoms with Gasteiger partial charge in [-0.1, -0.05) is 42.5 Å². The number of amides is 2. The maximum absolute atomic E-state index is 13.6. The molecular formula is C30H21N5O3. The first-order valence-corrected chi connectivity index (χ1v) is 12.5. The Kier molecular flexibility index (Phi) is 4.07. The summed E-state index contributed by atoms with van der Waals surface area (Å²) in [7, 11) is 0. The number of carbonyl (C=O) groups is 3. The average molecular weight is 500 g/mol. The monoisotopic (exact) mass is 499 g/mol. The van der Waals surface area contributed by atoms with E-state index >= 15 is 0 Å². The summed E-state index contributed by atoms with van der Waals surface area (Å²) in [6.07, 6.45) is 1.60. The van der Waals surface area contributed by atoms with E-state index in [9.17, 15) is 14.4 Å². The number of ketones is 1. The second-order valence-electron chi connectivity index (χ2n) is 10.1. The van der Waals surface area contributed by atoms with Crippen LogP contribution < -0.4 is 10.6 Å². The Morgan fingerprint density at radius 3 is 2.53 bits per heavy atom. The van der Waals surface area contributed by atoms with Gasteiger partial charge < -0.3 is 20.2 Å². The van der Waals surface area contributed by atoms with E-state index in [1.807, 2.05) is 66.7 Å². The number of H-pyrrole nitrogens is 2. The van der Waals surface area contributed by atoms with Gasteiger partial charge in [-0.15, -0.1) is 0 Å². The fourth-order valence-electron chi connectivity index (χ4n) is 6.06. The number of carbonyl (C=O) groups excluding carboxylic acids is 3. The summed E-state index contributed by atoms with van der Waals surface area (Å²) in [6.45, 7) is 0.494. The summed E-state index contributed by atoms with van der Waals surface area (Å²) in [4.78, 5) is 47.4. The molecule has 2 fully saturated rings. The number of para-hydroxylation sites is 1. The number of hydrogen-bond donors (Lipinski definition) is 4. The van der Waals surface area contributed by atoms with Gasteiger partial charge in [-0.2, -0.15) is 0 Å². The predicted molar refractivity (Wildman–Crippen MR) is 143 cm³/mol. The maximum atomic E-state index is 13.6. The van der Waals surface area contributed by atoms with E-state index in [0.717, 1.165) is 27.4 Å². The van der Waals surface area contributed by atoms with Gasteiger partial charge in [0.2, 0.25) is 0 Å². The van der Waals surface area contributed by atoms with E-state index in [2.05, 4.69) is 20.6 Å². The molecule has 4 heterocycles. The van der Waals surface area contributed by atoms with Gasteiger partial charge in [0.25, 0.3) is 11.8 Å². The predicted octanol–water partition coefficient (Wildman–Crippen LogP) is 4.30. The highest BCUT2D eigenvalue weighted by Gasteiger charge is 2.67. The van der Waals surface area contributed by atoms with E-state index in [-0.39, 0.29) is 23.6 Å². The molecule has 38 heavy (non-hydrogen) atoms. The van der Waals surface area contributed by atoms with E-state index in [1.54, 1.807) is 23.1 Å². The molecule has 2 aromatic heterocycles. The van der Waals surface area contributed by atoms with Crippen molar-refractivity contribution < 1.29 is 14.4 Å². The third-order valence-electron chi connectivity index (χ3n) is 7.92. The molecule has 184 valence electrons. The number of piperazine rings is 1. The van der Waals surface area contributed by atoms with Crippen molar-refractivity contribution in [2.45, 2.75) is 11.6 Å². The highest BCUT2D eigenvalue weighted by Crippen LogP contribution is 2.54. The van der Waals surface area contributed by atoms with Gasteiger partial charge >= 0.3 is 0 Å². The van der Waals surface area contributed by atoms with Crippen molar-refractivity contribution in [3.05, 3.63) is 113 Å². The largest absolute Gasteiger partial charge is 0.351 e. The number of likely N-dealkylation sites (tertiary alicyclic amines) is 1. The number of nitrogens with one attached hydrogen (secondary N) is 4. The van der Waals surface area contributed by atoms with Gasteiger partial charge in [-0.25, -0.2) is 0 Å². The van der Waals surface area contributed by atoms with E-state index < -0.39 is 5.54 Å². The van der Waals surface area contributed by atoms with Crippen LogP contribution in [0.25, 0.3) is 21.8 Å². The van der Waals surface area contributed by atoms with Gasteiger partial charge in [-0.3, -0.25) is 19.7 Å². The fraction of sp³-hybridized carbons (Fsp3) is 0.100. The van der Waals surface area contributed by atoms with Crippen molar-refractivity contribution in [1.82, 2.24) is 20.2 Å². The molecule has 8 rings (SSSR count). The summed E-state index contributed by atoms with van der Waals surface area (Å²) in [6, 6.07) is 24.5. The minimum Gasteiger partial charge on any atom is -0.351 e. The van der Waals surface area contributed by atoms with Crippen LogP contribution >= 0.6 is 0 Å². The van der Waals surface area contributed by atoms with Crippen LogP contribution in [0.2, 0.25) is 0 Å². The Morgan fingerprint density at radius 2 is 1.63 bits per heavy atom. The van der Waals surface area contributed by atoms with E-state index in [4.69, 9.17) is 0 Å². The molecule has 2 aliphatic heterocycles. The number of rotatable bonds is 3. The van der Waals surface area contributed by atoms with Crippen molar-refractivity contribution in [2.24, 2.45) is 0 Å². The van der Waals surface area contributed by atoms with Crippen molar-refractivity contribution >= 4 is 45.1 Å². The zero-order chi connectivity index (χ0) is 25.6. The fourth-order valence-corrected chi connectivity index (χ4v) is 6.06. The molecule has 5 aromatic rings. The van der Waals surface area contributed by atoms with Crippen LogP contribution in [0.3, 0.4) is 0 Å². The topological polar surface area (TPSA) is 120 Å². The van der Waals surface area contributed by atoms with Crippen LogP contribution in [0, 0.1) is 0 Å². The third-order valence-corrected chi connectivity index (χ3v) is 7.92. The number of nitrogens with zero attached hydrogens (tertiary/aromatic N) is 1. The first-order valence-electron chi connectivity index (χ1n) is 12.5. The van der Waals surface area contributed by atoms with Crippen LogP contribution in [-0.4, -0.2) is 45.1 Å². The summed E-state index contributed by atoms with van der Waals surface area (Å²) >= 11 is 0. The summed E-state index contributed by atoms with van der Waals surface area (Å²) < 4.78 is 0.